The second-order valence-corrected chi connectivity index (χ2v) is 3.08. The lowest BCUT2D eigenvalue weighted by atomic mass is 9.69. The molecule has 0 heterocycles. The monoisotopic (exact) mass is 138 g/mol. The number of hydrogen-bond acceptors (Lipinski definition) is 1. The van der Waals surface area contributed by atoms with Gasteiger partial charge < -0.3 is 0 Å². The van der Waals surface area contributed by atoms with E-state index in [4.69, 9.17) is 0 Å². The quantitative estimate of drug-likeness (QED) is 0.534. The van der Waals surface area contributed by atoms with Crippen molar-refractivity contribution in [3.8, 4) is 0 Å². The van der Waals surface area contributed by atoms with E-state index < -0.39 is 0 Å². The predicted molar refractivity (Wildman–Crippen MR) is 41.7 cm³/mol. The molecule has 0 N–H and O–H groups in total. The maximum absolute atomic E-state index is 10.8. The molecule has 10 heavy (non-hydrogen) atoms. The molecule has 1 rings (SSSR count). The van der Waals surface area contributed by atoms with Crippen LogP contribution in [0.25, 0.3) is 0 Å². The molecule has 1 saturated carbocycles. The van der Waals surface area contributed by atoms with Crippen molar-refractivity contribution in [2.75, 3.05) is 0 Å². The minimum Gasteiger partial charge on any atom is -0.299 e. The summed E-state index contributed by atoms with van der Waals surface area (Å²) >= 11 is 0. The van der Waals surface area contributed by atoms with E-state index in [0.717, 1.165) is 12.8 Å². The number of carbonyl (C=O) groups excluding carboxylic acids is 1. The van der Waals surface area contributed by atoms with Gasteiger partial charge in [0.2, 0.25) is 0 Å². The molecule has 1 nitrogen and oxygen atoms in total. The standard InChI is InChI=1S/C9H14O/c1-4-6(2)8-5-9(10)7(8)3/h7-8H,2,4-5H2,1,3H3/t7?,8-/m1/s1. The third-order valence-electron chi connectivity index (χ3n) is 2.51. The van der Waals surface area contributed by atoms with Crippen LogP contribution in [0.2, 0.25) is 0 Å². The van der Waals surface area contributed by atoms with Crippen molar-refractivity contribution in [3.05, 3.63) is 12.2 Å². The number of carbonyl (C=O) groups is 1. The van der Waals surface area contributed by atoms with Crippen molar-refractivity contribution in [3.63, 3.8) is 0 Å². The van der Waals surface area contributed by atoms with Gasteiger partial charge in [-0.1, -0.05) is 26.0 Å². The Balaban J connectivity index is 2.47. The SMILES string of the molecule is C=C(CC)[C@H]1CC(=O)C1C. The molecule has 1 heteroatoms. The zero-order valence-electron chi connectivity index (χ0n) is 6.68. The van der Waals surface area contributed by atoms with Gasteiger partial charge in [0.15, 0.2) is 0 Å². The fourth-order valence-corrected chi connectivity index (χ4v) is 1.40. The average Bonchev–Trinajstić information content (AvgIpc) is 1.98. The molecule has 0 amide bonds. The van der Waals surface area contributed by atoms with Gasteiger partial charge in [-0.05, 0) is 12.3 Å². The molecule has 0 spiro atoms. The second kappa shape index (κ2) is 2.57. The van der Waals surface area contributed by atoms with Crippen LogP contribution in [0.3, 0.4) is 0 Å². The lowest BCUT2D eigenvalue weighted by molar-refractivity contribution is -0.131. The molecule has 0 radical (unpaired) electrons. The first kappa shape index (κ1) is 7.52. The van der Waals surface area contributed by atoms with Crippen molar-refractivity contribution in [2.45, 2.75) is 26.7 Å². The zero-order chi connectivity index (χ0) is 7.72. The van der Waals surface area contributed by atoms with Gasteiger partial charge in [0.25, 0.3) is 0 Å². The molecule has 1 fully saturated rings. The predicted octanol–water partition coefficient (Wildman–Crippen LogP) is 2.18. The molecule has 1 aliphatic rings. The van der Waals surface area contributed by atoms with Crippen LogP contribution in [0.1, 0.15) is 26.7 Å². The number of hydrogen-bond donors (Lipinski definition) is 0. The molecule has 2 atom stereocenters. The van der Waals surface area contributed by atoms with Crippen molar-refractivity contribution in [2.24, 2.45) is 11.8 Å². The second-order valence-electron chi connectivity index (χ2n) is 3.08. The summed E-state index contributed by atoms with van der Waals surface area (Å²) in [6, 6.07) is 0. The van der Waals surface area contributed by atoms with Gasteiger partial charge in [-0.2, -0.15) is 0 Å². The Bertz CT molecular complexity index is 170. The highest BCUT2D eigenvalue weighted by Gasteiger charge is 2.36. The molecule has 1 unspecified atom stereocenters. The number of ketones is 1. The van der Waals surface area contributed by atoms with Gasteiger partial charge in [-0.3, -0.25) is 4.79 Å². The normalized spacial score (nSPS) is 31.6. The molecular weight excluding hydrogens is 124 g/mol. The molecule has 56 valence electrons. The number of Topliss-reactive ketones (excluding diaryl/α,β-unsaturated/α-hetero) is 1. The summed E-state index contributed by atoms with van der Waals surface area (Å²) in [5.74, 6) is 1.16. The van der Waals surface area contributed by atoms with Crippen LogP contribution in [-0.2, 0) is 4.79 Å². The summed E-state index contributed by atoms with van der Waals surface area (Å²) < 4.78 is 0. The van der Waals surface area contributed by atoms with E-state index >= 15 is 0 Å². The molecule has 0 aromatic heterocycles. The first-order valence-corrected chi connectivity index (χ1v) is 3.87. The highest BCUT2D eigenvalue weighted by molar-refractivity contribution is 5.87. The van der Waals surface area contributed by atoms with E-state index in [2.05, 4.69) is 13.5 Å². The summed E-state index contributed by atoms with van der Waals surface area (Å²) in [4.78, 5) is 10.8. The molecule has 1 aliphatic carbocycles. The van der Waals surface area contributed by atoms with Crippen LogP contribution < -0.4 is 0 Å². The van der Waals surface area contributed by atoms with Crippen LogP contribution >= 0.6 is 0 Å². The van der Waals surface area contributed by atoms with Gasteiger partial charge >= 0.3 is 0 Å². The first-order valence-electron chi connectivity index (χ1n) is 3.87. The van der Waals surface area contributed by atoms with E-state index in [-0.39, 0.29) is 5.92 Å². The van der Waals surface area contributed by atoms with E-state index in [1.54, 1.807) is 0 Å². The molecule has 0 saturated heterocycles. The summed E-state index contributed by atoms with van der Waals surface area (Å²) in [7, 11) is 0. The summed E-state index contributed by atoms with van der Waals surface area (Å²) in [5, 5.41) is 0. The minimum absolute atomic E-state index is 0.257. The Morgan fingerprint density at radius 1 is 1.80 bits per heavy atom. The first-order chi connectivity index (χ1) is 4.66. The van der Waals surface area contributed by atoms with Gasteiger partial charge in [0, 0.05) is 12.3 Å². The summed E-state index contributed by atoms with van der Waals surface area (Å²) in [5.41, 5.74) is 1.24. The Kier molecular flexibility index (Phi) is 1.93. The fraction of sp³-hybridized carbons (Fsp3) is 0.667. The Labute approximate surface area is 62.1 Å². The summed E-state index contributed by atoms with van der Waals surface area (Å²) in [6.07, 6.45) is 1.76. The fourth-order valence-electron chi connectivity index (χ4n) is 1.40. The van der Waals surface area contributed by atoms with Crippen molar-refractivity contribution < 1.29 is 4.79 Å². The van der Waals surface area contributed by atoms with E-state index in [1.165, 1.54) is 5.57 Å². The Morgan fingerprint density at radius 3 is 2.70 bits per heavy atom. The van der Waals surface area contributed by atoms with Crippen molar-refractivity contribution in [1.82, 2.24) is 0 Å². The van der Waals surface area contributed by atoms with Gasteiger partial charge in [-0.15, -0.1) is 0 Å². The third kappa shape index (κ3) is 1.00. The van der Waals surface area contributed by atoms with E-state index in [9.17, 15) is 4.79 Å². The summed E-state index contributed by atoms with van der Waals surface area (Å²) in [6.45, 7) is 8.02. The molecular formula is C9H14O. The van der Waals surface area contributed by atoms with E-state index in [1.807, 2.05) is 6.92 Å². The minimum atomic E-state index is 0.257. The van der Waals surface area contributed by atoms with Gasteiger partial charge in [0.1, 0.15) is 5.78 Å². The van der Waals surface area contributed by atoms with Gasteiger partial charge in [0.05, 0.1) is 0 Å². The topological polar surface area (TPSA) is 17.1 Å². The van der Waals surface area contributed by atoms with Crippen LogP contribution in [0.5, 0.6) is 0 Å². The van der Waals surface area contributed by atoms with Crippen LogP contribution in [0.4, 0.5) is 0 Å². The molecule has 0 aliphatic heterocycles. The highest BCUT2D eigenvalue weighted by Crippen LogP contribution is 2.36. The number of allylic oxidation sites excluding steroid dienone is 1. The Hall–Kier alpha value is -0.590. The van der Waals surface area contributed by atoms with Gasteiger partial charge in [-0.25, -0.2) is 0 Å². The van der Waals surface area contributed by atoms with Crippen LogP contribution in [-0.4, -0.2) is 5.78 Å². The lowest BCUT2D eigenvalue weighted by Gasteiger charge is -2.33. The third-order valence-corrected chi connectivity index (χ3v) is 2.51. The largest absolute Gasteiger partial charge is 0.299 e. The maximum atomic E-state index is 10.8. The smallest absolute Gasteiger partial charge is 0.136 e. The van der Waals surface area contributed by atoms with Crippen LogP contribution in [0.15, 0.2) is 12.2 Å². The number of rotatable bonds is 2. The van der Waals surface area contributed by atoms with E-state index in [0.29, 0.717) is 11.7 Å². The van der Waals surface area contributed by atoms with Crippen molar-refractivity contribution >= 4 is 5.78 Å². The van der Waals surface area contributed by atoms with Crippen LogP contribution in [0, 0.1) is 11.8 Å². The Morgan fingerprint density at radius 2 is 2.40 bits per heavy atom. The maximum Gasteiger partial charge on any atom is 0.136 e. The average molecular weight is 138 g/mol. The van der Waals surface area contributed by atoms with Crippen molar-refractivity contribution in [1.29, 1.82) is 0 Å². The zero-order valence-corrected chi connectivity index (χ0v) is 6.68. The molecule has 0 bridgehead atoms. The molecule has 0 aromatic carbocycles. The molecule has 0 aromatic rings. The highest BCUT2D eigenvalue weighted by atomic mass is 16.1. The lowest BCUT2D eigenvalue weighted by Crippen LogP contribution is -2.35.